The van der Waals surface area contributed by atoms with E-state index in [1.807, 2.05) is 0 Å². The van der Waals surface area contributed by atoms with Crippen molar-refractivity contribution in [3.8, 4) is 0 Å². The first kappa shape index (κ1) is 16.7. The van der Waals surface area contributed by atoms with Crippen LogP contribution in [0.4, 0.5) is 5.69 Å². The summed E-state index contributed by atoms with van der Waals surface area (Å²) >= 11 is 1.66. The Labute approximate surface area is 144 Å². The van der Waals surface area contributed by atoms with Gasteiger partial charge >= 0.3 is 0 Å². The van der Waals surface area contributed by atoms with E-state index in [-0.39, 0.29) is 5.54 Å². The summed E-state index contributed by atoms with van der Waals surface area (Å²) in [5.41, 5.74) is 8.26. The van der Waals surface area contributed by atoms with Crippen LogP contribution in [0.25, 0.3) is 0 Å². The van der Waals surface area contributed by atoms with Crippen molar-refractivity contribution in [2.24, 2.45) is 16.6 Å². The molecule has 0 saturated heterocycles. The maximum absolute atomic E-state index is 5.95. The van der Waals surface area contributed by atoms with Gasteiger partial charge in [0.2, 0.25) is 0 Å². The molecule has 4 heteroatoms. The lowest BCUT2D eigenvalue weighted by Crippen LogP contribution is -2.28. The van der Waals surface area contributed by atoms with Gasteiger partial charge in [0.25, 0.3) is 0 Å². The molecule has 1 aliphatic carbocycles. The molecule has 0 radical (unpaired) electrons. The third kappa shape index (κ3) is 4.43. The van der Waals surface area contributed by atoms with Gasteiger partial charge in [-0.3, -0.25) is 4.99 Å². The molecule has 3 nitrogen and oxygen atoms in total. The molecule has 1 aromatic carbocycles. The molecule has 0 amide bonds. The standard InChI is InChI=1S/C19H29N3S/c1-19(11-13-23-18(20)22-19)16-8-5-9-17(14-16)21-12-10-15-6-3-2-4-7-15/h5,8-9,14-15,21H,2-4,6-7,10-13H2,1H3,(H2,20,22). The van der Waals surface area contributed by atoms with Crippen LogP contribution in [0.5, 0.6) is 0 Å². The van der Waals surface area contributed by atoms with Crippen molar-refractivity contribution in [1.29, 1.82) is 0 Å². The van der Waals surface area contributed by atoms with Crippen LogP contribution in [0, 0.1) is 5.92 Å². The molecule has 3 N–H and O–H groups in total. The number of amidine groups is 1. The largest absolute Gasteiger partial charge is 0.385 e. The summed E-state index contributed by atoms with van der Waals surface area (Å²) in [5, 5.41) is 4.33. The average molecular weight is 332 g/mol. The fourth-order valence-corrected chi connectivity index (χ4v) is 4.73. The summed E-state index contributed by atoms with van der Waals surface area (Å²) in [5.74, 6) is 1.97. The molecule has 1 fully saturated rings. The van der Waals surface area contributed by atoms with Crippen molar-refractivity contribution < 1.29 is 0 Å². The fourth-order valence-electron chi connectivity index (χ4n) is 3.76. The van der Waals surface area contributed by atoms with E-state index in [4.69, 9.17) is 10.7 Å². The van der Waals surface area contributed by atoms with Gasteiger partial charge in [-0.05, 0) is 43.4 Å². The van der Waals surface area contributed by atoms with Gasteiger partial charge in [-0.2, -0.15) is 0 Å². The number of benzene rings is 1. The minimum atomic E-state index is -0.170. The molecule has 1 saturated carbocycles. The monoisotopic (exact) mass is 331 g/mol. The number of nitrogens with zero attached hydrogens (tertiary/aromatic N) is 1. The Morgan fingerprint density at radius 2 is 2.13 bits per heavy atom. The second-order valence-corrected chi connectivity index (χ2v) is 8.24. The molecule has 126 valence electrons. The van der Waals surface area contributed by atoms with E-state index in [0.29, 0.717) is 0 Å². The van der Waals surface area contributed by atoms with E-state index in [9.17, 15) is 0 Å². The second kappa shape index (κ2) is 7.61. The third-order valence-corrected chi connectivity index (χ3v) is 6.08. The van der Waals surface area contributed by atoms with Crippen LogP contribution in [-0.2, 0) is 5.54 Å². The van der Waals surface area contributed by atoms with Crippen LogP contribution in [0.2, 0.25) is 0 Å². The predicted octanol–water partition coefficient (Wildman–Crippen LogP) is 4.74. The number of nitrogens with one attached hydrogen (secondary N) is 1. The Morgan fingerprint density at radius 3 is 2.91 bits per heavy atom. The van der Waals surface area contributed by atoms with Gasteiger partial charge < -0.3 is 11.1 Å². The summed E-state index contributed by atoms with van der Waals surface area (Å²) in [6.45, 7) is 3.27. The van der Waals surface area contributed by atoms with Crippen LogP contribution < -0.4 is 11.1 Å². The maximum Gasteiger partial charge on any atom is 0.154 e. The van der Waals surface area contributed by atoms with E-state index in [0.717, 1.165) is 29.8 Å². The molecule has 1 heterocycles. The highest BCUT2D eigenvalue weighted by Gasteiger charge is 2.29. The van der Waals surface area contributed by atoms with Crippen molar-refractivity contribution >= 4 is 22.6 Å². The molecule has 1 aliphatic heterocycles. The first-order chi connectivity index (χ1) is 11.2. The van der Waals surface area contributed by atoms with Gasteiger partial charge in [0.05, 0.1) is 5.54 Å². The lowest BCUT2D eigenvalue weighted by atomic mass is 9.87. The first-order valence-electron chi connectivity index (χ1n) is 8.98. The third-order valence-electron chi connectivity index (χ3n) is 5.29. The summed E-state index contributed by atoms with van der Waals surface area (Å²) < 4.78 is 0. The first-order valence-corrected chi connectivity index (χ1v) is 9.97. The van der Waals surface area contributed by atoms with Crippen LogP contribution in [0.1, 0.15) is 57.4 Å². The second-order valence-electron chi connectivity index (χ2n) is 7.12. The summed E-state index contributed by atoms with van der Waals surface area (Å²) in [6.07, 6.45) is 9.47. The Morgan fingerprint density at radius 1 is 1.30 bits per heavy atom. The van der Waals surface area contributed by atoms with Gasteiger partial charge in [0, 0.05) is 18.0 Å². The maximum atomic E-state index is 5.95. The van der Waals surface area contributed by atoms with Crippen LogP contribution >= 0.6 is 11.8 Å². The Bertz CT molecular complexity index is 551. The highest BCUT2D eigenvalue weighted by atomic mass is 32.2. The Hall–Kier alpha value is -1.16. The highest BCUT2D eigenvalue weighted by Crippen LogP contribution is 2.36. The lowest BCUT2D eigenvalue weighted by molar-refractivity contribution is 0.345. The van der Waals surface area contributed by atoms with Gasteiger partial charge in [-0.25, -0.2) is 0 Å². The Kier molecular flexibility index (Phi) is 5.52. The van der Waals surface area contributed by atoms with Crippen molar-refractivity contribution in [2.75, 3.05) is 17.6 Å². The van der Waals surface area contributed by atoms with E-state index in [1.165, 1.54) is 49.8 Å². The fraction of sp³-hybridized carbons (Fsp3) is 0.632. The van der Waals surface area contributed by atoms with Crippen molar-refractivity contribution in [2.45, 2.75) is 57.4 Å². The number of hydrogen-bond donors (Lipinski definition) is 2. The van der Waals surface area contributed by atoms with Crippen molar-refractivity contribution in [3.05, 3.63) is 29.8 Å². The molecule has 23 heavy (non-hydrogen) atoms. The molecule has 0 bridgehead atoms. The van der Waals surface area contributed by atoms with E-state index < -0.39 is 0 Å². The molecule has 0 aromatic heterocycles. The van der Waals surface area contributed by atoms with Crippen LogP contribution in [0.15, 0.2) is 29.3 Å². The number of hydrogen-bond acceptors (Lipinski definition) is 4. The van der Waals surface area contributed by atoms with E-state index in [2.05, 4.69) is 36.5 Å². The molecular formula is C19H29N3S. The number of thioether (sulfide) groups is 1. The minimum absolute atomic E-state index is 0.170. The van der Waals surface area contributed by atoms with Crippen LogP contribution in [-0.4, -0.2) is 17.5 Å². The van der Waals surface area contributed by atoms with Gasteiger partial charge in [0.15, 0.2) is 5.17 Å². The number of aliphatic imine (C=N–C) groups is 1. The molecular weight excluding hydrogens is 302 g/mol. The van der Waals surface area contributed by atoms with Gasteiger partial charge in [-0.15, -0.1) is 0 Å². The number of nitrogens with two attached hydrogens (primary N) is 1. The smallest absolute Gasteiger partial charge is 0.154 e. The zero-order valence-electron chi connectivity index (χ0n) is 14.2. The highest BCUT2D eigenvalue weighted by molar-refractivity contribution is 8.13. The predicted molar refractivity (Wildman–Crippen MR) is 102 cm³/mol. The topological polar surface area (TPSA) is 50.4 Å². The van der Waals surface area contributed by atoms with Crippen molar-refractivity contribution in [1.82, 2.24) is 0 Å². The zero-order chi connectivity index (χ0) is 16.1. The lowest BCUT2D eigenvalue weighted by Gasteiger charge is -2.30. The van der Waals surface area contributed by atoms with Gasteiger partial charge in [0.1, 0.15) is 0 Å². The number of rotatable bonds is 5. The quantitative estimate of drug-likeness (QED) is 0.819. The normalized spacial score (nSPS) is 25.9. The molecule has 0 spiro atoms. The molecule has 1 atom stereocenters. The van der Waals surface area contributed by atoms with E-state index in [1.54, 1.807) is 11.8 Å². The SMILES string of the molecule is CC1(c2cccc(NCCC3CCCCC3)c2)CCSC(N)=N1. The molecule has 2 aliphatic rings. The molecule has 1 aromatic rings. The molecule has 3 rings (SSSR count). The summed E-state index contributed by atoms with van der Waals surface area (Å²) in [6, 6.07) is 8.74. The van der Waals surface area contributed by atoms with E-state index >= 15 is 0 Å². The van der Waals surface area contributed by atoms with Crippen molar-refractivity contribution in [3.63, 3.8) is 0 Å². The van der Waals surface area contributed by atoms with Gasteiger partial charge in [-0.1, -0.05) is 56.0 Å². The Balaban J connectivity index is 1.60. The number of anilines is 1. The average Bonchev–Trinajstić information content (AvgIpc) is 2.56. The summed E-state index contributed by atoms with van der Waals surface area (Å²) in [7, 11) is 0. The van der Waals surface area contributed by atoms with Crippen LogP contribution in [0.3, 0.4) is 0 Å². The molecule has 1 unspecified atom stereocenters. The zero-order valence-corrected chi connectivity index (χ0v) is 15.0. The minimum Gasteiger partial charge on any atom is -0.385 e. The summed E-state index contributed by atoms with van der Waals surface area (Å²) in [4.78, 5) is 4.71.